The van der Waals surface area contributed by atoms with Crippen LogP contribution in [0.2, 0.25) is 10.0 Å². The van der Waals surface area contributed by atoms with Gasteiger partial charge in [0.1, 0.15) is 0 Å². The Morgan fingerprint density at radius 2 is 1.80 bits per heavy atom. The lowest BCUT2D eigenvalue weighted by Gasteiger charge is -2.52. The lowest BCUT2D eigenvalue weighted by atomic mass is 9.67. The number of hydrogen-bond acceptors (Lipinski definition) is 2. The minimum Gasteiger partial charge on any atom is -0.330 e. The van der Waals surface area contributed by atoms with Crippen molar-refractivity contribution in [2.75, 3.05) is 5.75 Å². The van der Waals surface area contributed by atoms with E-state index in [1.165, 1.54) is 18.4 Å². The molecule has 2 nitrogen and oxygen atoms in total. The van der Waals surface area contributed by atoms with Crippen LogP contribution in [0.25, 0.3) is 0 Å². The van der Waals surface area contributed by atoms with Crippen LogP contribution in [0.1, 0.15) is 76.5 Å². The number of carbonyl (C=O) groups excluding carboxylic acids is 1. The summed E-state index contributed by atoms with van der Waals surface area (Å²) < 4.78 is 0.137. The number of allylic oxidation sites excluding steroid dienone is 1. The van der Waals surface area contributed by atoms with E-state index in [2.05, 4.69) is 63.4 Å². The van der Waals surface area contributed by atoms with Gasteiger partial charge in [0.05, 0.1) is 11.5 Å². The number of likely N-dealkylation sites (tertiary alicyclic amines) is 1. The second kappa shape index (κ2) is 10.5. The van der Waals surface area contributed by atoms with Gasteiger partial charge in [0, 0.05) is 32.5 Å². The molecule has 4 atom stereocenters. The molecule has 2 aromatic carbocycles. The van der Waals surface area contributed by atoms with Gasteiger partial charge in [-0.2, -0.15) is 11.8 Å². The zero-order valence-electron chi connectivity index (χ0n) is 21.3. The Kier molecular flexibility index (Phi) is 8.01. The van der Waals surface area contributed by atoms with Gasteiger partial charge < -0.3 is 4.90 Å². The number of rotatable bonds is 8. The van der Waals surface area contributed by atoms with Crippen molar-refractivity contribution in [3.8, 4) is 0 Å². The maximum atomic E-state index is 14.4. The first-order chi connectivity index (χ1) is 16.5. The van der Waals surface area contributed by atoms with E-state index in [4.69, 9.17) is 23.2 Å². The number of thioether (sulfide) groups is 1. The van der Waals surface area contributed by atoms with Gasteiger partial charge in [0.15, 0.2) is 0 Å². The van der Waals surface area contributed by atoms with Crippen molar-refractivity contribution >= 4 is 40.9 Å². The Hall–Kier alpha value is -1.42. The zero-order valence-corrected chi connectivity index (χ0v) is 23.6. The second-order valence-corrected chi connectivity index (χ2v) is 14.2. The molecule has 1 aliphatic heterocycles. The highest BCUT2D eigenvalue weighted by Gasteiger charge is 2.53. The number of piperidine rings is 1. The molecule has 188 valence electrons. The van der Waals surface area contributed by atoms with Crippen LogP contribution in [0.3, 0.4) is 0 Å². The summed E-state index contributed by atoms with van der Waals surface area (Å²) in [4.78, 5) is 16.7. The van der Waals surface area contributed by atoms with E-state index in [-0.39, 0.29) is 28.7 Å². The van der Waals surface area contributed by atoms with Crippen LogP contribution in [0.5, 0.6) is 0 Å². The lowest BCUT2D eigenvalue weighted by Crippen LogP contribution is -2.57. The third-order valence-electron chi connectivity index (χ3n) is 7.40. The number of nitrogens with zero attached hydrogens (tertiary/aromatic N) is 1. The number of hydrogen-bond donors (Lipinski definition) is 0. The highest BCUT2D eigenvalue weighted by Crippen LogP contribution is 2.54. The average Bonchev–Trinajstić information content (AvgIpc) is 3.62. The summed E-state index contributed by atoms with van der Waals surface area (Å²) in [5.74, 6) is 1.87. The van der Waals surface area contributed by atoms with Gasteiger partial charge in [-0.15, -0.1) is 6.58 Å². The molecule has 1 unspecified atom stereocenters. The standard InChI is InChI=1S/C30H37Cl2NOS/c1-6-16-30(5)18-25(22-8-7-9-24(32)17-22)27(21-12-14-23(31)15-13-21)33(28(30)34)26(20-10-11-20)19-35-29(2,3)4/h6-9,12-15,17,20,25-27H,1,10-11,16,18-19H2,2-5H3/t25-,26?,27+,30+/m1/s1. The molecule has 2 fully saturated rings. The van der Waals surface area contributed by atoms with Crippen molar-refractivity contribution in [2.24, 2.45) is 11.3 Å². The average molecular weight is 531 g/mol. The van der Waals surface area contributed by atoms with Crippen molar-refractivity contribution in [3.63, 3.8) is 0 Å². The molecule has 35 heavy (non-hydrogen) atoms. The smallest absolute Gasteiger partial charge is 0.229 e. The maximum absolute atomic E-state index is 14.4. The largest absolute Gasteiger partial charge is 0.330 e. The SMILES string of the molecule is C=CC[C@@]1(C)C[C@H](c2cccc(Cl)c2)[C@H](c2ccc(Cl)cc2)N(C(CSC(C)(C)C)C2CC2)C1=O. The van der Waals surface area contributed by atoms with Crippen LogP contribution in [-0.4, -0.2) is 27.3 Å². The molecule has 1 saturated carbocycles. The third kappa shape index (κ3) is 6.12. The van der Waals surface area contributed by atoms with Gasteiger partial charge >= 0.3 is 0 Å². The Balaban J connectivity index is 1.87. The van der Waals surface area contributed by atoms with Gasteiger partial charge in [0.2, 0.25) is 5.91 Å². The summed E-state index contributed by atoms with van der Waals surface area (Å²) in [6.45, 7) is 12.9. The first-order valence-corrected chi connectivity index (χ1v) is 14.3. The van der Waals surface area contributed by atoms with Crippen LogP contribution < -0.4 is 0 Å². The second-order valence-electron chi connectivity index (χ2n) is 11.5. The summed E-state index contributed by atoms with van der Waals surface area (Å²) in [5.41, 5.74) is 1.82. The molecule has 1 amide bonds. The molecule has 0 spiro atoms. The molecule has 5 heteroatoms. The highest BCUT2D eigenvalue weighted by molar-refractivity contribution is 8.00. The minimum absolute atomic E-state index is 0.0673. The van der Waals surface area contributed by atoms with E-state index in [1.807, 2.05) is 42.1 Å². The van der Waals surface area contributed by atoms with Crippen molar-refractivity contribution in [2.45, 2.75) is 76.1 Å². The predicted octanol–water partition coefficient (Wildman–Crippen LogP) is 8.94. The predicted molar refractivity (Wildman–Crippen MR) is 151 cm³/mol. The van der Waals surface area contributed by atoms with Crippen molar-refractivity contribution in [1.82, 2.24) is 4.90 Å². The van der Waals surface area contributed by atoms with Crippen molar-refractivity contribution in [1.29, 1.82) is 0 Å². The normalized spacial score (nSPS) is 26.0. The summed E-state index contributed by atoms with van der Waals surface area (Å²) in [7, 11) is 0. The quantitative estimate of drug-likeness (QED) is 0.318. The zero-order chi connectivity index (χ0) is 25.4. The topological polar surface area (TPSA) is 20.3 Å². The van der Waals surface area contributed by atoms with Gasteiger partial charge in [-0.25, -0.2) is 0 Å². The van der Waals surface area contributed by atoms with Crippen LogP contribution >= 0.6 is 35.0 Å². The van der Waals surface area contributed by atoms with E-state index in [0.29, 0.717) is 17.4 Å². The van der Waals surface area contributed by atoms with Crippen LogP contribution in [-0.2, 0) is 4.79 Å². The Bertz CT molecular complexity index is 1060. The van der Waals surface area contributed by atoms with Crippen LogP contribution in [0, 0.1) is 11.3 Å². The van der Waals surface area contributed by atoms with Crippen LogP contribution in [0.15, 0.2) is 61.2 Å². The van der Waals surface area contributed by atoms with Gasteiger partial charge in [0.25, 0.3) is 0 Å². The first-order valence-electron chi connectivity index (χ1n) is 12.6. The van der Waals surface area contributed by atoms with Crippen molar-refractivity contribution in [3.05, 3.63) is 82.4 Å². The summed E-state index contributed by atoms with van der Waals surface area (Å²) in [6.07, 6.45) is 5.70. The van der Waals surface area contributed by atoms with E-state index in [1.54, 1.807) is 0 Å². The number of carbonyl (C=O) groups is 1. The van der Waals surface area contributed by atoms with E-state index >= 15 is 0 Å². The molecule has 1 saturated heterocycles. The van der Waals surface area contributed by atoms with Crippen molar-refractivity contribution < 1.29 is 4.79 Å². The Morgan fingerprint density at radius 3 is 2.37 bits per heavy atom. The molecule has 1 aliphatic carbocycles. The van der Waals surface area contributed by atoms with E-state index < -0.39 is 5.41 Å². The highest BCUT2D eigenvalue weighted by atomic mass is 35.5. The number of amides is 1. The summed E-state index contributed by atoms with van der Waals surface area (Å²) in [6, 6.07) is 16.4. The van der Waals surface area contributed by atoms with Gasteiger partial charge in [-0.05, 0) is 67.0 Å². The van der Waals surface area contributed by atoms with E-state index in [9.17, 15) is 4.79 Å². The van der Waals surface area contributed by atoms with E-state index in [0.717, 1.165) is 22.8 Å². The minimum atomic E-state index is -0.503. The molecule has 0 bridgehead atoms. The molecule has 1 heterocycles. The lowest BCUT2D eigenvalue weighted by molar-refractivity contribution is -0.154. The fourth-order valence-electron chi connectivity index (χ4n) is 5.51. The number of halogens is 2. The Labute approximate surface area is 225 Å². The molecular formula is C30H37Cl2NOS. The molecule has 4 rings (SSSR count). The number of benzene rings is 2. The molecule has 0 radical (unpaired) electrons. The monoisotopic (exact) mass is 529 g/mol. The summed E-state index contributed by atoms with van der Waals surface area (Å²) in [5, 5.41) is 1.44. The molecule has 0 aromatic heterocycles. The first kappa shape index (κ1) is 26.6. The van der Waals surface area contributed by atoms with Gasteiger partial charge in [-0.1, -0.05) is 81.2 Å². The molecular weight excluding hydrogens is 493 g/mol. The summed E-state index contributed by atoms with van der Waals surface area (Å²) >= 11 is 14.7. The van der Waals surface area contributed by atoms with Gasteiger partial charge in [-0.3, -0.25) is 4.79 Å². The Morgan fingerprint density at radius 1 is 1.11 bits per heavy atom. The van der Waals surface area contributed by atoms with Crippen LogP contribution in [0.4, 0.5) is 0 Å². The molecule has 2 aromatic rings. The maximum Gasteiger partial charge on any atom is 0.229 e. The molecule has 0 N–H and O–H groups in total. The third-order valence-corrected chi connectivity index (χ3v) is 9.26. The fraction of sp³-hybridized carbons (Fsp3) is 0.500. The molecule has 2 aliphatic rings. The fourth-order valence-corrected chi connectivity index (χ4v) is 6.94.